The highest BCUT2D eigenvalue weighted by Gasteiger charge is 2.37. The molecule has 1 atom stereocenters. The van der Waals surface area contributed by atoms with Crippen LogP contribution >= 0.6 is 0 Å². The normalized spacial score (nSPS) is 19.4. The largest absolute Gasteiger partial charge is 0.371 e. The minimum atomic E-state index is -3.50. The predicted molar refractivity (Wildman–Crippen MR) is 128 cm³/mol. The molecule has 2 saturated heterocycles. The number of nitrogens with zero attached hydrogens (tertiary/aromatic N) is 5. The number of hydrogen-bond donors (Lipinski definition) is 2. The Labute approximate surface area is 202 Å². The van der Waals surface area contributed by atoms with Crippen LogP contribution in [0.1, 0.15) is 19.3 Å². The van der Waals surface area contributed by atoms with Crippen LogP contribution in [-0.2, 0) is 14.6 Å². The summed E-state index contributed by atoms with van der Waals surface area (Å²) in [5.41, 5.74) is 1.95. The fourth-order valence-electron chi connectivity index (χ4n) is 4.65. The van der Waals surface area contributed by atoms with Crippen LogP contribution in [0.5, 0.6) is 0 Å². The quantitative estimate of drug-likeness (QED) is 0.528. The maximum absolute atomic E-state index is 14.4. The summed E-state index contributed by atoms with van der Waals surface area (Å²) in [6.45, 7) is 2.07. The Morgan fingerprint density at radius 3 is 2.43 bits per heavy atom. The number of H-pyrrole nitrogens is 1. The van der Waals surface area contributed by atoms with Gasteiger partial charge in [0.15, 0.2) is 9.84 Å². The summed E-state index contributed by atoms with van der Waals surface area (Å²) >= 11 is 0. The Morgan fingerprint density at radius 1 is 1.06 bits per heavy atom. The summed E-state index contributed by atoms with van der Waals surface area (Å²) in [5, 5.41) is 9.67. The standard InChI is InChI=1S/C23H26FN7O3S/c1-35(33,34)18-2-3-20(19(24)10-18)29-21-6-9-31(22(21)32)17-4-7-30(8-5-17)23-25-11-15(12-26-23)16-13-27-28-14-16/h2-3,10-14,17,21,29H,4-9H2,1H3,(H,27,28). The molecular weight excluding hydrogens is 473 g/mol. The van der Waals surface area contributed by atoms with Gasteiger partial charge < -0.3 is 15.1 Å². The second-order valence-electron chi connectivity index (χ2n) is 8.91. The molecule has 0 aliphatic carbocycles. The number of anilines is 2. The zero-order valence-corrected chi connectivity index (χ0v) is 20.0. The van der Waals surface area contributed by atoms with Crippen molar-refractivity contribution in [1.29, 1.82) is 0 Å². The van der Waals surface area contributed by atoms with Gasteiger partial charge in [-0.05, 0) is 37.5 Å². The van der Waals surface area contributed by atoms with Crippen molar-refractivity contribution in [3.05, 3.63) is 48.8 Å². The first-order valence-corrected chi connectivity index (χ1v) is 13.3. The average Bonchev–Trinajstić information content (AvgIpc) is 3.51. The van der Waals surface area contributed by atoms with Gasteiger partial charge in [0.1, 0.15) is 11.9 Å². The van der Waals surface area contributed by atoms with Crippen molar-refractivity contribution in [2.75, 3.05) is 36.1 Å². The number of halogens is 1. The van der Waals surface area contributed by atoms with Crippen LogP contribution in [0.2, 0.25) is 0 Å². The fourth-order valence-corrected chi connectivity index (χ4v) is 5.28. The molecule has 2 fully saturated rings. The molecule has 12 heteroatoms. The van der Waals surface area contributed by atoms with Crippen molar-refractivity contribution in [2.24, 2.45) is 0 Å². The minimum Gasteiger partial charge on any atom is -0.371 e. The summed E-state index contributed by atoms with van der Waals surface area (Å²) < 4.78 is 37.7. The van der Waals surface area contributed by atoms with Gasteiger partial charge >= 0.3 is 0 Å². The van der Waals surface area contributed by atoms with Gasteiger partial charge in [0.2, 0.25) is 11.9 Å². The highest BCUT2D eigenvalue weighted by atomic mass is 32.2. The van der Waals surface area contributed by atoms with E-state index in [-0.39, 0.29) is 22.5 Å². The molecule has 3 aromatic rings. The van der Waals surface area contributed by atoms with E-state index >= 15 is 0 Å². The van der Waals surface area contributed by atoms with Crippen molar-refractivity contribution in [3.63, 3.8) is 0 Å². The smallest absolute Gasteiger partial charge is 0.245 e. The van der Waals surface area contributed by atoms with Crippen molar-refractivity contribution in [1.82, 2.24) is 25.1 Å². The van der Waals surface area contributed by atoms with Crippen LogP contribution in [0.3, 0.4) is 0 Å². The Hall–Kier alpha value is -3.54. The molecule has 2 N–H and O–H groups in total. The third-order valence-corrected chi connectivity index (χ3v) is 7.71. The summed E-state index contributed by atoms with van der Waals surface area (Å²) in [6, 6.07) is 3.27. The minimum absolute atomic E-state index is 0.0595. The van der Waals surface area contributed by atoms with E-state index in [0.29, 0.717) is 18.9 Å². The first kappa shape index (κ1) is 23.2. The highest BCUT2D eigenvalue weighted by Crippen LogP contribution is 2.27. The zero-order chi connectivity index (χ0) is 24.6. The second-order valence-corrected chi connectivity index (χ2v) is 10.9. The lowest BCUT2D eigenvalue weighted by Crippen LogP contribution is -2.47. The third-order valence-electron chi connectivity index (χ3n) is 6.60. The van der Waals surface area contributed by atoms with E-state index in [2.05, 4.69) is 30.4 Å². The van der Waals surface area contributed by atoms with Gasteiger partial charge in [-0.3, -0.25) is 9.89 Å². The number of sulfone groups is 1. The molecule has 35 heavy (non-hydrogen) atoms. The molecular formula is C23H26FN7O3S. The van der Waals surface area contributed by atoms with E-state index in [9.17, 15) is 17.6 Å². The number of aromatic amines is 1. The predicted octanol–water partition coefficient (Wildman–Crippen LogP) is 2.09. The van der Waals surface area contributed by atoms with Gasteiger partial charge in [0.05, 0.1) is 16.8 Å². The maximum atomic E-state index is 14.4. The topological polar surface area (TPSA) is 124 Å². The van der Waals surface area contributed by atoms with E-state index in [1.807, 2.05) is 4.90 Å². The number of benzene rings is 1. The molecule has 0 saturated carbocycles. The van der Waals surface area contributed by atoms with E-state index in [1.54, 1.807) is 24.8 Å². The van der Waals surface area contributed by atoms with E-state index in [4.69, 9.17) is 0 Å². The number of piperidine rings is 1. The molecule has 5 rings (SSSR count). The molecule has 1 unspecified atom stereocenters. The SMILES string of the molecule is CS(=O)(=O)c1ccc(NC2CCN(C3CCN(c4ncc(-c5cn[nH]c5)cn4)CC3)C2=O)c(F)c1. The molecule has 2 aliphatic heterocycles. The Bertz CT molecular complexity index is 1310. The first-order chi connectivity index (χ1) is 16.8. The number of likely N-dealkylation sites (tertiary alicyclic amines) is 1. The van der Waals surface area contributed by atoms with Gasteiger partial charge in [-0.15, -0.1) is 0 Å². The van der Waals surface area contributed by atoms with Crippen LogP contribution in [0.25, 0.3) is 11.1 Å². The molecule has 2 aromatic heterocycles. The molecule has 10 nitrogen and oxygen atoms in total. The molecule has 0 bridgehead atoms. The van der Waals surface area contributed by atoms with Gasteiger partial charge in [0.25, 0.3) is 0 Å². The van der Waals surface area contributed by atoms with Crippen molar-refractivity contribution in [3.8, 4) is 11.1 Å². The van der Waals surface area contributed by atoms with Gasteiger partial charge in [-0.2, -0.15) is 5.10 Å². The molecule has 1 amide bonds. The van der Waals surface area contributed by atoms with Crippen LogP contribution < -0.4 is 10.2 Å². The lowest BCUT2D eigenvalue weighted by atomic mass is 10.0. The van der Waals surface area contributed by atoms with E-state index in [0.717, 1.165) is 49.4 Å². The second kappa shape index (κ2) is 9.25. The van der Waals surface area contributed by atoms with Crippen LogP contribution in [0, 0.1) is 5.82 Å². The third kappa shape index (κ3) is 4.83. The number of nitrogens with one attached hydrogen (secondary N) is 2. The molecule has 0 radical (unpaired) electrons. The molecule has 184 valence electrons. The maximum Gasteiger partial charge on any atom is 0.245 e. The highest BCUT2D eigenvalue weighted by molar-refractivity contribution is 7.90. The fraction of sp³-hybridized carbons (Fsp3) is 0.391. The summed E-state index contributed by atoms with van der Waals surface area (Å²) in [6.07, 6.45) is 10.2. The van der Waals surface area contributed by atoms with Crippen LogP contribution in [0.4, 0.5) is 16.0 Å². The number of hydrogen-bond acceptors (Lipinski definition) is 8. The van der Waals surface area contributed by atoms with E-state index in [1.165, 1.54) is 12.1 Å². The monoisotopic (exact) mass is 499 g/mol. The number of amides is 1. The van der Waals surface area contributed by atoms with E-state index < -0.39 is 21.7 Å². The zero-order valence-electron chi connectivity index (χ0n) is 19.2. The van der Waals surface area contributed by atoms with Gasteiger partial charge in [-0.25, -0.2) is 22.8 Å². The van der Waals surface area contributed by atoms with Crippen molar-refractivity contribution < 1.29 is 17.6 Å². The number of rotatable bonds is 6. The molecule has 1 aromatic carbocycles. The summed E-state index contributed by atoms with van der Waals surface area (Å²) in [5.74, 6) is -0.0852. The average molecular weight is 500 g/mol. The Morgan fingerprint density at radius 2 is 1.80 bits per heavy atom. The van der Waals surface area contributed by atoms with Gasteiger partial charge in [-0.1, -0.05) is 0 Å². The first-order valence-electron chi connectivity index (χ1n) is 11.4. The Kier molecular flexibility index (Phi) is 6.13. The summed E-state index contributed by atoms with van der Waals surface area (Å²) in [4.78, 5) is 25.9. The lowest BCUT2D eigenvalue weighted by molar-refractivity contribution is -0.130. The summed E-state index contributed by atoms with van der Waals surface area (Å²) in [7, 11) is -3.50. The Balaban J connectivity index is 1.17. The number of aromatic nitrogens is 4. The molecule has 0 spiro atoms. The lowest BCUT2D eigenvalue weighted by Gasteiger charge is -2.36. The molecule has 2 aliphatic rings. The van der Waals surface area contributed by atoms with Crippen molar-refractivity contribution >= 4 is 27.4 Å². The van der Waals surface area contributed by atoms with Gasteiger partial charge in [0, 0.05) is 61.6 Å². The number of carbonyl (C=O) groups is 1. The van der Waals surface area contributed by atoms with Crippen LogP contribution in [0.15, 0.2) is 47.9 Å². The van der Waals surface area contributed by atoms with Crippen molar-refractivity contribution in [2.45, 2.75) is 36.2 Å². The molecule has 4 heterocycles. The van der Waals surface area contributed by atoms with Crippen LogP contribution in [-0.4, -0.2) is 77.4 Å². The number of carbonyl (C=O) groups excluding carboxylic acids is 1.